The molecule has 0 bridgehead atoms. The van der Waals surface area contributed by atoms with E-state index in [2.05, 4.69) is 36.4 Å². The van der Waals surface area contributed by atoms with Gasteiger partial charge >= 0.3 is 101 Å². The number of allylic oxidation sites excluding steroid dienone is 2. The van der Waals surface area contributed by atoms with E-state index in [9.17, 15) is 0 Å². The molecule has 2 aliphatic rings. The summed E-state index contributed by atoms with van der Waals surface area (Å²) in [5.74, 6) is 0. The number of rotatable bonds is 0. The zero-order chi connectivity index (χ0) is 10.3. The fourth-order valence-electron chi connectivity index (χ4n) is 1.94. The van der Waals surface area contributed by atoms with Gasteiger partial charge in [-0.1, -0.05) is 0 Å². The van der Waals surface area contributed by atoms with E-state index in [1.807, 2.05) is 3.98 Å². The van der Waals surface area contributed by atoms with Crippen LogP contribution in [0.3, 0.4) is 0 Å². The Morgan fingerprint density at radius 1 is 1.27 bits per heavy atom. The molecule has 3 heteroatoms. The molecular weight excluding hydrogens is 265 g/mol. The molecule has 3 rings (SSSR count). The Bertz CT molecular complexity index is 514. The van der Waals surface area contributed by atoms with Gasteiger partial charge in [0.15, 0.2) is 0 Å². The maximum atomic E-state index is 5.48. The molecule has 1 aromatic carbocycles. The summed E-state index contributed by atoms with van der Waals surface area (Å²) in [6.45, 7) is 0. The van der Waals surface area contributed by atoms with Crippen LogP contribution in [-0.2, 0) is 12.8 Å². The van der Waals surface area contributed by atoms with Gasteiger partial charge < -0.3 is 0 Å². The van der Waals surface area contributed by atoms with Crippen molar-refractivity contribution >= 4 is 48.2 Å². The normalized spacial score (nSPS) is 19.3. The second-order valence-corrected chi connectivity index (χ2v) is 6.65. The van der Waals surface area contributed by atoms with Crippen LogP contribution in [0, 0.1) is 0 Å². The van der Waals surface area contributed by atoms with Gasteiger partial charge in [-0.2, -0.15) is 0 Å². The minimum atomic E-state index is 0.181. The first-order valence-electron chi connectivity index (χ1n) is 5.04. The molecule has 1 aliphatic carbocycles. The maximum absolute atomic E-state index is 5.48. The van der Waals surface area contributed by atoms with Crippen molar-refractivity contribution in [1.29, 1.82) is 0 Å². The molecule has 0 radical (unpaired) electrons. The molecule has 1 aliphatic heterocycles. The zero-order valence-electron chi connectivity index (χ0n) is 8.18. The van der Waals surface area contributed by atoms with Crippen molar-refractivity contribution < 1.29 is 3.98 Å². The Balaban J connectivity index is 2.28. The topological polar surface area (TPSA) is 3.01 Å². The van der Waals surface area contributed by atoms with Crippen molar-refractivity contribution in [3.63, 3.8) is 0 Å². The van der Waals surface area contributed by atoms with Gasteiger partial charge in [0.25, 0.3) is 0 Å². The Labute approximate surface area is 101 Å². The number of para-hydroxylation sites is 1. The third-order valence-electron chi connectivity index (χ3n) is 2.69. The molecule has 74 valence electrons. The number of nitrogens with zero attached hydrogens (tertiary/aromatic N) is 1. The summed E-state index contributed by atoms with van der Waals surface area (Å²) in [5, 5.41) is 0. The Hall–Kier alpha value is -0.722. The van der Waals surface area contributed by atoms with Crippen LogP contribution in [-0.4, -0.2) is 29.3 Å². The van der Waals surface area contributed by atoms with Crippen LogP contribution in [0.5, 0.6) is 0 Å². The monoisotopic (exact) mass is 275 g/mol. The molecule has 15 heavy (non-hydrogen) atoms. The quantitative estimate of drug-likeness (QED) is 0.389. The molecule has 0 fully saturated rings. The summed E-state index contributed by atoms with van der Waals surface area (Å²) in [6, 6.07) is 8.53. The van der Waals surface area contributed by atoms with Gasteiger partial charge in [-0.25, -0.2) is 0 Å². The van der Waals surface area contributed by atoms with Crippen molar-refractivity contribution in [3.05, 3.63) is 36.4 Å². The summed E-state index contributed by atoms with van der Waals surface area (Å²) in [7, 11) is 0. The Morgan fingerprint density at radius 2 is 2.13 bits per heavy atom. The predicted octanol–water partition coefficient (Wildman–Crippen LogP) is 1.10. The van der Waals surface area contributed by atoms with Gasteiger partial charge in [-0.3, -0.25) is 0 Å². The van der Waals surface area contributed by atoms with E-state index in [-0.39, 0.29) is 15.3 Å². The zero-order valence-corrected chi connectivity index (χ0v) is 10.9. The minimum absolute atomic E-state index is 0.181. The third-order valence-corrected chi connectivity index (χ3v) is 5.90. The van der Waals surface area contributed by atoms with Crippen molar-refractivity contribution in [3.8, 4) is 0 Å². The first-order valence-corrected chi connectivity index (χ1v) is 7.28. The van der Waals surface area contributed by atoms with Crippen LogP contribution < -0.4 is 4.35 Å². The van der Waals surface area contributed by atoms with Crippen LogP contribution in [0.15, 0.2) is 36.4 Å². The van der Waals surface area contributed by atoms with Gasteiger partial charge in [0.2, 0.25) is 0 Å². The van der Waals surface area contributed by atoms with Gasteiger partial charge in [0.1, 0.15) is 0 Å². The van der Waals surface area contributed by atoms with E-state index in [4.69, 9.17) is 12.8 Å². The van der Waals surface area contributed by atoms with Crippen molar-refractivity contribution in [2.45, 2.75) is 12.8 Å². The van der Waals surface area contributed by atoms with Crippen LogP contribution in [0.2, 0.25) is 0 Å². The molecule has 0 amide bonds. The fraction of sp³-hybridized carbons (Fsp3) is 0.167. The van der Waals surface area contributed by atoms with Gasteiger partial charge in [-0.15, -0.1) is 0 Å². The van der Waals surface area contributed by atoms with E-state index in [0.29, 0.717) is 0 Å². The van der Waals surface area contributed by atoms with Crippen molar-refractivity contribution in [1.82, 2.24) is 0 Å². The Morgan fingerprint density at radius 3 is 3.07 bits per heavy atom. The van der Waals surface area contributed by atoms with Crippen LogP contribution >= 0.6 is 0 Å². The molecule has 0 unspecified atom stereocenters. The molecule has 0 spiro atoms. The van der Waals surface area contributed by atoms with Crippen LogP contribution in [0.4, 0.5) is 5.69 Å². The average Bonchev–Trinajstić information content (AvgIpc) is 2.30. The standard InChI is InChI=1S/C12H10AsNS/c15-14-11-7-3-1-5-9(11)13-10-6-2-4-8-12(10)14/h1,3-5,7-8H,2,6H2. The van der Waals surface area contributed by atoms with Gasteiger partial charge in [0, 0.05) is 0 Å². The molecule has 1 heterocycles. The summed E-state index contributed by atoms with van der Waals surface area (Å²) in [4.78, 5) is 0. The number of hydrogen-bond acceptors (Lipinski definition) is 1. The molecule has 0 atom stereocenters. The van der Waals surface area contributed by atoms with E-state index in [1.54, 1.807) is 4.30 Å². The van der Waals surface area contributed by atoms with Crippen molar-refractivity contribution in [2.24, 2.45) is 0 Å². The molecule has 0 aromatic heterocycles. The number of benzene rings is 1. The predicted molar refractivity (Wildman–Crippen MR) is 67.5 cm³/mol. The molecule has 0 N–H and O–H groups in total. The molecule has 1 aromatic rings. The molecule has 0 saturated carbocycles. The average molecular weight is 275 g/mol. The van der Waals surface area contributed by atoms with E-state index >= 15 is 0 Å². The summed E-state index contributed by atoms with van der Waals surface area (Å²) in [6.07, 6.45) is 6.80. The van der Waals surface area contributed by atoms with Gasteiger partial charge in [-0.05, 0) is 0 Å². The van der Waals surface area contributed by atoms with Crippen LogP contribution in [0.1, 0.15) is 12.8 Å². The van der Waals surface area contributed by atoms with E-state index in [1.165, 1.54) is 28.6 Å². The summed E-state index contributed by atoms with van der Waals surface area (Å²) < 4.78 is 4.97. The fourth-order valence-corrected chi connectivity index (χ4v) is 5.23. The second-order valence-electron chi connectivity index (χ2n) is 3.67. The number of fused-ring (bicyclic) bond motifs is 2. The Kier molecular flexibility index (Phi) is 2.34. The van der Waals surface area contributed by atoms with Crippen LogP contribution in [0.25, 0.3) is 0 Å². The molecule has 1 nitrogen and oxygen atoms in total. The SMILES string of the molecule is [S-][N+]1=C2C=CCCC2=[As]c2ccccc21. The number of hydrogen-bond donors (Lipinski definition) is 0. The first kappa shape index (κ1) is 9.50. The van der Waals surface area contributed by atoms with Gasteiger partial charge in [0.05, 0.1) is 0 Å². The molecular formula is C12H10AsNS. The van der Waals surface area contributed by atoms with Crippen molar-refractivity contribution in [2.75, 3.05) is 0 Å². The van der Waals surface area contributed by atoms with E-state index in [0.717, 1.165) is 0 Å². The molecule has 0 saturated heterocycles. The summed E-state index contributed by atoms with van der Waals surface area (Å²) >= 11 is 5.66. The third kappa shape index (κ3) is 1.53. The van der Waals surface area contributed by atoms with E-state index < -0.39 is 0 Å². The first-order chi connectivity index (χ1) is 7.36. The summed E-state index contributed by atoms with van der Waals surface area (Å²) in [5.41, 5.74) is 2.49. The second kappa shape index (κ2) is 3.69.